The molecule has 3 fully saturated rings. The van der Waals surface area contributed by atoms with Gasteiger partial charge in [-0.1, -0.05) is 0 Å². The number of nitrogens with one attached hydrogen (secondary N) is 1. The monoisotopic (exact) mass is 392 g/mol. The van der Waals surface area contributed by atoms with Crippen molar-refractivity contribution in [2.45, 2.75) is 31.3 Å². The number of likely N-dealkylation sites (tertiary alicyclic amines) is 1. The van der Waals surface area contributed by atoms with E-state index in [1.807, 2.05) is 4.90 Å². The number of fused-ring (bicyclic) bond motifs is 3. The number of thiophene rings is 1. The van der Waals surface area contributed by atoms with Crippen molar-refractivity contribution >= 4 is 17.2 Å². The normalized spacial score (nSPS) is 32.3. The van der Waals surface area contributed by atoms with Gasteiger partial charge in [0.25, 0.3) is 5.91 Å². The Hall–Kier alpha value is -0.990. The summed E-state index contributed by atoms with van der Waals surface area (Å²) in [6.45, 7) is 5.39. The lowest BCUT2D eigenvalue weighted by Crippen LogP contribution is -2.44. The molecule has 148 valence electrons. The van der Waals surface area contributed by atoms with E-state index in [1.165, 1.54) is 10.4 Å². The molecule has 5 rings (SSSR count). The summed E-state index contributed by atoms with van der Waals surface area (Å²) in [6, 6.07) is 2.11. The largest absolute Gasteiger partial charge is 0.396 e. The second-order valence-corrected chi connectivity index (χ2v) is 9.67. The highest BCUT2D eigenvalue weighted by molar-refractivity contribution is 7.14. The highest BCUT2D eigenvalue weighted by Gasteiger charge is 2.50. The van der Waals surface area contributed by atoms with Gasteiger partial charge >= 0.3 is 0 Å². The van der Waals surface area contributed by atoms with Gasteiger partial charge in [0.2, 0.25) is 0 Å². The number of amides is 1. The number of piperidine rings is 1. The Kier molecular flexibility index (Phi) is 4.56. The van der Waals surface area contributed by atoms with Crippen molar-refractivity contribution in [3.8, 4) is 0 Å². The SMILES string of the molecule is O=C(c1cc2c(s1)CCOC21CCNCC1)N1C[C@@H]2CCOC[C@]2(CO)C1. The highest BCUT2D eigenvalue weighted by Crippen LogP contribution is 2.45. The van der Waals surface area contributed by atoms with Gasteiger partial charge in [0, 0.05) is 36.4 Å². The van der Waals surface area contributed by atoms with E-state index in [4.69, 9.17) is 9.47 Å². The molecular formula is C20H28N2O4S. The van der Waals surface area contributed by atoms with Crippen LogP contribution >= 0.6 is 11.3 Å². The van der Waals surface area contributed by atoms with Crippen LogP contribution in [0.5, 0.6) is 0 Å². The first kappa shape index (κ1) is 18.1. The van der Waals surface area contributed by atoms with Gasteiger partial charge in [-0.15, -0.1) is 11.3 Å². The molecule has 0 unspecified atom stereocenters. The molecule has 0 saturated carbocycles. The van der Waals surface area contributed by atoms with Crippen molar-refractivity contribution in [3.63, 3.8) is 0 Å². The number of rotatable bonds is 2. The van der Waals surface area contributed by atoms with Crippen LogP contribution in [0.3, 0.4) is 0 Å². The van der Waals surface area contributed by atoms with Crippen LogP contribution in [0.2, 0.25) is 0 Å². The first-order valence-electron chi connectivity index (χ1n) is 10.1. The molecule has 4 aliphatic heterocycles. The maximum absolute atomic E-state index is 13.3. The maximum Gasteiger partial charge on any atom is 0.263 e. The van der Waals surface area contributed by atoms with Crippen LogP contribution in [-0.2, 0) is 21.5 Å². The lowest BCUT2D eigenvalue weighted by Gasteiger charge is -2.40. The van der Waals surface area contributed by atoms with Crippen LogP contribution in [0, 0.1) is 11.3 Å². The average molecular weight is 393 g/mol. The van der Waals surface area contributed by atoms with Crippen LogP contribution in [0.4, 0.5) is 0 Å². The van der Waals surface area contributed by atoms with E-state index in [2.05, 4.69) is 11.4 Å². The van der Waals surface area contributed by atoms with Gasteiger partial charge in [-0.3, -0.25) is 4.79 Å². The Balaban J connectivity index is 1.40. The van der Waals surface area contributed by atoms with Crippen LogP contribution < -0.4 is 5.32 Å². The molecule has 0 aromatic carbocycles. The minimum atomic E-state index is -0.274. The second kappa shape index (κ2) is 6.81. The molecule has 6 nitrogen and oxygen atoms in total. The standard InChI is InChI=1S/C20H28N2O4S/c23-12-19-11-22(10-14(19)1-7-25-13-19)18(24)17-9-15-16(27-17)2-8-26-20(15)3-5-21-6-4-20/h9,14,21,23H,1-8,10-13H2/t14-,19+/m0/s1. The first-order valence-corrected chi connectivity index (χ1v) is 10.9. The fraction of sp³-hybridized carbons (Fsp3) is 0.750. The highest BCUT2D eigenvalue weighted by atomic mass is 32.1. The average Bonchev–Trinajstić information content (AvgIpc) is 3.31. The van der Waals surface area contributed by atoms with Gasteiger partial charge in [0.05, 0.1) is 30.3 Å². The fourth-order valence-corrected chi connectivity index (χ4v) is 6.60. The lowest BCUT2D eigenvalue weighted by molar-refractivity contribution is -0.0792. The number of carbonyl (C=O) groups excluding carboxylic acids is 1. The summed E-state index contributed by atoms with van der Waals surface area (Å²) in [4.78, 5) is 17.4. The molecule has 1 aromatic rings. The van der Waals surface area contributed by atoms with Gasteiger partial charge in [-0.05, 0) is 49.9 Å². The van der Waals surface area contributed by atoms with Crippen molar-refractivity contribution in [3.05, 3.63) is 21.4 Å². The second-order valence-electron chi connectivity index (χ2n) is 8.53. The first-order chi connectivity index (χ1) is 13.2. The molecule has 0 bridgehead atoms. The smallest absolute Gasteiger partial charge is 0.263 e. The maximum atomic E-state index is 13.3. The Morgan fingerprint density at radius 1 is 1.37 bits per heavy atom. The van der Waals surface area contributed by atoms with Gasteiger partial charge in [-0.2, -0.15) is 0 Å². The Morgan fingerprint density at radius 2 is 2.22 bits per heavy atom. The number of aliphatic hydroxyl groups is 1. The molecule has 2 N–H and O–H groups in total. The fourth-order valence-electron chi connectivity index (χ4n) is 5.40. The molecule has 0 aliphatic carbocycles. The Bertz CT molecular complexity index is 730. The van der Waals surface area contributed by atoms with Crippen LogP contribution in [0.15, 0.2) is 6.07 Å². The zero-order valence-corrected chi connectivity index (χ0v) is 16.5. The topological polar surface area (TPSA) is 71.0 Å². The van der Waals surface area contributed by atoms with Crippen LogP contribution in [0.25, 0.3) is 0 Å². The zero-order valence-electron chi connectivity index (χ0n) is 15.7. The van der Waals surface area contributed by atoms with E-state index in [-0.39, 0.29) is 23.5 Å². The van der Waals surface area contributed by atoms with E-state index >= 15 is 0 Å². The van der Waals surface area contributed by atoms with Crippen molar-refractivity contribution in [2.75, 3.05) is 52.6 Å². The predicted octanol–water partition coefficient (Wildman–Crippen LogP) is 1.37. The molecule has 3 saturated heterocycles. The van der Waals surface area contributed by atoms with E-state index in [1.54, 1.807) is 11.3 Å². The number of carbonyl (C=O) groups is 1. The van der Waals surface area contributed by atoms with Gasteiger partial charge in [0.15, 0.2) is 0 Å². The molecule has 5 heterocycles. The zero-order chi connectivity index (χ0) is 18.5. The molecule has 7 heteroatoms. The number of nitrogens with zero attached hydrogens (tertiary/aromatic N) is 1. The summed E-state index contributed by atoms with van der Waals surface area (Å²) < 4.78 is 11.9. The molecule has 27 heavy (non-hydrogen) atoms. The lowest BCUT2D eigenvalue weighted by atomic mass is 9.76. The third kappa shape index (κ3) is 2.86. The summed E-state index contributed by atoms with van der Waals surface area (Å²) in [5.41, 5.74) is 0.775. The molecule has 1 amide bonds. The molecular weight excluding hydrogens is 364 g/mol. The van der Waals surface area contributed by atoms with Crippen LogP contribution in [0.1, 0.15) is 39.4 Å². The molecule has 1 spiro atoms. The van der Waals surface area contributed by atoms with Crippen molar-refractivity contribution < 1.29 is 19.4 Å². The number of ether oxygens (including phenoxy) is 2. The predicted molar refractivity (Wildman–Crippen MR) is 102 cm³/mol. The quantitative estimate of drug-likeness (QED) is 0.796. The molecule has 0 radical (unpaired) electrons. The summed E-state index contributed by atoms with van der Waals surface area (Å²) in [5.74, 6) is 0.453. The van der Waals surface area contributed by atoms with E-state index < -0.39 is 0 Å². The number of aliphatic hydroxyl groups excluding tert-OH is 1. The summed E-state index contributed by atoms with van der Waals surface area (Å²) >= 11 is 1.65. The minimum absolute atomic E-state index is 0.0896. The van der Waals surface area contributed by atoms with Crippen molar-refractivity contribution in [1.29, 1.82) is 0 Å². The van der Waals surface area contributed by atoms with Gasteiger partial charge < -0.3 is 24.8 Å². The molecule has 2 atom stereocenters. The Labute approximate surface area is 163 Å². The van der Waals surface area contributed by atoms with Crippen molar-refractivity contribution in [2.24, 2.45) is 11.3 Å². The molecule has 4 aliphatic rings. The third-order valence-corrected chi connectivity index (χ3v) is 8.23. The summed E-state index contributed by atoms with van der Waals surface area (Å²) in [6.07, 6.45) is 3.77. The Morgan fingerprint density at radius 3 is 3.00 bits per heavy atom. The van der Waals surface area contributed by atoms with Gasteiger partial charge in [-0.25, -0.2) is 0 Å². The van der Waals surface area contributed by atoms with E-state index in [9.17, 15) is 9.90 Å². The van der Waals surface area contributed by atoms with Crippen molar-refractivity contribution in [1.82, 2.24) is 10.2 Å². The van der Waals surface area contributed by atoms with Gasteiger partial charge in [0.1, 0.15) is 0 Å². The van der Waals surface area contributed by atoms with E-state index in [0.717, 1.165) is 63.4 Å². The minimum Gasteiger partial charge on any atom is -0.396 e. The third-order valence-electron chi connectivity index (χ3n) is 7.04. The number of hydrogen-bond acceptors (Lipinski definition) is 6. The van der Waals surface area contributed by atoms with Crippen LogP contribution in [-0.4, -0.2) is 68.5 Å². The van der Waals surface area contributed by atoms with E-state index in [0.29, 0.717) is 19.1 Å². The summed E-state index contributed by atoms with van der Waals surface area (Å²) in [5, 5.41) is 13.4. The summed E-state index contributed by atoms with van der Waals surface area (Å²) in [7, 11) is 0. The number of hydrogen-bond donors (Lipinski definition) is 2. The molecule has 1 aromatic heterocycles.